The molecule has 1 aromatic heterocycles. The molecule has 2 N–H and O–H groups in total. The van der Waals surface area contributed by atoms with Gasteiger partial charge in [-0.2, -0.15) is 0 Å². The monoisotopic (exact) mass is 704 g/mol. The Morgan fingerprint density at radius 1 is 0.885 bits per heavy atom. The number of ether oxygens (including phenoxy) is 2. The highest BCUT2D eigenvalue weighted by Gasteiger charge is 2.38. The van der Waals surface area contributed by atoms with Crippen molar-refractivity contribution in [2.75, 3.05) is 20.2 Å². The molecule has 4 aromatic rings. The third-order valence-corrected chi connectivity index (χ3v) is 10.3. The molecule has 0 saturated carbocycles. The zero-order valence-electron chi connectivity index (χ0n) is 30.9. The molecule has 2 fully saturated rings. The van der Waals surface area contributed by atoms with Crippen LogP contribution in [0, 0.1) is 5.92 Å². The maximum atomic E-state index is 13.6. The van der Waals surface area contributed by atoms with Gasteiger partial charge in [0.1, 0.15) is 17.5 Å². The van der Waals surface area contributed by atoms with Crippen molar-refractivity contribution < 1.29 is 23.9 Å². The Hall–Kier alpha value is -5.19. The number of aromatic amines is 1. The van der Waals surface area contributed by atoms with Crippen LogP contribution in [0.3, 0.4) is 0 Å². The zero-order valence-corrected chi connectivity index (χ0v) is 30.9. The molecular formula is C41H48N6O5. The number of carbonyl (C=O) groups excluding carboxylic acids is 3. The van der Waals surface area contributed by atoms with Crippen molar-refractivity contribution >= 4 is 51.2 Å². The first-order valence-corrected chi connectivity index (χ1v) is 18.3. The van der Waals surface area contributed by atoms with E-state index < -0.39 is 17.7 Å². The molecule has 0 bridgehead atoms. The Morgan fingerprint density at radius 2 is 1.54 bits per heavy atom. The highest BCUT2D eigenvalue weighted by atomic mass is 16.6. The number of nitrogens with one attached hydrogen (secondary N) is 2. The van der Waals surface area contributed by atoms with Gasteiger partial charge in [-0.25, -0.2) is 14.6 Å². The summed E-state index contributed by atoms with van der Waals surface area (Å²) in [4.78, 5) is 55.3. The van der Waals surface area contributed by atoms with Gasteiger partial charge in [0.2, 0.25) is 5.91 Å². The van der Waals surface area contributed by atoms with Crippen LogP contribution in [-0.2, 0) is 14.3 Å². The number of imidazole rings is 1. The lowest BCUT2D eigenvalue weighted by Crippen LogP contribution is -2.51. The maximum Gasteiger partial charge on any atom is 0.410 e. The van der Waals surface area contributed by atoms with Crippen LogP contribution in [0.15, 0.2) is 65.8 Å². The van der Waals surface area contributed by atoms with Crippen molar-refractivity contribution in [3.63, 3.8) is 0 Å². The van der Waals surface area contributed by atoms with Gasteiger partial charge >= 0.3 is 12.2 Å². The Morgan fingerprint density at radius 3 is 2.25 bits per heavy atom. The largest absolute Gasteiger partial charge is 0.453 e. The van der Waals surface area contributed by atoms with E-state index in [4.69, 9.17) is 19.5 Å². The molecule has 4 heterocycles. The number of likely N-dealkylation sites (tertiary alicyclic amines) is 2. The zero-order chi connectivity index (χ0) is 36.7. The van der Waals surface area contributed by atoms with Gasteiger partial charge in [0.25, 0.3) is 0 Å². The fraction of sp³-hybridized carbons (Fsp3) is 0.439. The van der Waals surface area contributed by atoms with Crippen LogP contribution in [0.4, 0.5) is 9.59 Å². The van der Waals surface area contributed by atoms with Gasteiger partial charge in [-0.3, -0.25) is 14.7 Å². The van der Waals surface area contributed by atoms with E-state index >= 15 is 0 Å². The van der Waals surface area contributed by atoms with Gasteiger partial charge in [-0.15, -0.1) is 0 Å². The number of methoxy groups -OCH3 is 1. The average Bonchev–Trinajstić information content (AvgIpc) is 3.94. The minimum absolute atomic E-state index is 0.0259. The van der Waals surface area contributed by atoms with Crippen molar-refractivity contribution in [3.05, 3.63) is 72.2 Å². The van der Waals surface area contributed by atoms with Crippen LogP contribution < -0.4 is 5.32 Å². The van der Waals surface area contributed by atoms with Crippen LogP contribution in [0.1, 0.15) is 84.2 Å². The summed E-state index contributed by atoms with van der Waals surface area (Å²) in [5.74, 6) is 0.532. The highest BCUT2D eigenvalue weighted by molar-refractivity contribution is 6.04. The third-order valence-electron chi connectivity index (χ3n) is 10.3. The summed E-state index contributed by atoms with van der Waals surface area (Å²) in [6.45, 7) is 10.8. The number of rotatable bonds is 7. The maximum absolute atomic E-state index is 13.6. The number of carbonyl (C=O) groups is 3. The molecule has 2 saturated heterocycles. The molecule has 3 aromatic carbocycles. The Balaban J connectivity index is 1.05. The summed E-state index contributed by atoms with van der Waals surface area (Å²) in [5.41, 5.74) is 6.69. The average molecular weight is 705 g/mol. The molecule has 3 atom stereocenters. The third kappa shape index (κ3) is 7.13. The van der Waals surface area contributed by atoms with Crippen LogP contribution in [0.5, 0.6) is 0 Å². The normalized spacial score (nSPS) is 19.7. The number of hydrogen-bond donors (Lipinski definition) is 2. The molecule has 272 valence electrons. The van der Waals surface area contributed by atoms with Crippen molar-refractivity contribution in [1.82, 2.24) is 25.1 Å². The predicted octanol–water partition coefficient (Wildman–Crippen LogP) is 8.01. The van der Waals surface area contributed by atoms with E-state index in [2.05, 4.69) is 58.8 Å². The summed E-state index contributed by atoms with van der Waals surface area (Å²) in [6, 6.07) is 18.4. The van der Waals surface area contributed by atoms with Crippen LogP contribution in [-0.4, -0.2) is 81.5 Å². The summed E-state index contributed by atoms with van der Waals surface area (Å²) < 4.78 is 10.4. The Labute approximate surface area is 304 Å². The molecule has 0 unspecified atom stereocenters. The smallest absolute Gasteiger partial charge is 0.410 e. The van der Waals surface area contributed by atoms with Crippen LogP contribution >= 0.6 is 0 Å². The molecule has 11 nitrogen and oxygen atoms in total. The number of aromatic nitrogens is 2. The van der Waals surface area contributed by atoms with Crippen molar-refractivity contribution in [2.24, 2.45) is 10.9 Å². The number of allylic oxidation sites excluding steroid dienone is 1. The Kier molecular flexibility index (Phi) is 9.54. The predicted molar refractivity (Wildman–Crippen MR) is 203 cm³/mol. The molecule has 7 rings (SSSR count). The molecule has 0 radical (unpaired) electrons. The Bertz CT molecular complexity index is 2090. The first-order valence-electron chi connectivity index (χ1n) is 18.3. The molecule has 3 aliphatic rings. The van der Waals surface area contributed by atoms with E-state index in [0.717, 1.165) is 87.7 Å². The first-order chi connectivity index (χ1) is 24.9. The van der Waals surface area contributed by atoms with Crippen molar-refractivity contribution in [1.29, 1.82) is 0 Å². The van der Waals surface area contributed by atoms with Crippen LogP contribution in [0.25, 0.3) is 38.5 Å². The number of aliphatic imine (C=N–C) groups is 1. The van der Waals surface area contributed by atoms with E-state index in [-0.39, 0.29) is 30.0 Å². The van der Waals surface area contributed by atoms with Gasteiger partial charge in [0.15, 0.2) is 0 Å². The SMILES string of the molecule is COC(=O)N[C@H](C(=O)N1CCC[C@H]1c1nc2ccc(-c3ccc4cc(C5=CN=C([C@@H]6CCCN6C(=O)OC(C)(C)C)C5)ccc4c3)cc2[nH]1)C(C)C. The van der Waals surface area contributed by atoms with Crippen molar-refractivity contribution in [3.8, 4) is 11.1 Å². The standard InChI is InChI=1S/C41H48N6O5/c1-24(2)36(45-39(49)51-6)38(48)46-17-8-10-35(46)37-43-31-16-15-29(21-32(31)44-37)27-12-11-26-20-28(14-13-25(26)19-27)30-22-33(42-23-30)34-9-7-18-47(34)40(50)52-41(3,4)5/h11-16,19-21,23-24,34-36H,7-10,17-18,22H2,1-6H3,(H,43,44)(H,45,49)/t34-,35-,36-/m0/s1. The van der Waals surface area contributed by atoms with Crippen molar-refractivity contribution in [2.45, 2.75) is 90.4 Å². The lowest BCUT2D eigenvalue weighted by Gasteiger charge is -2.29. The molecular weight excluding hydrogens is 656 g/mol. The quantitative estimate of drug-likeness (QED) is 0.201. The molecule has 3 amide bonds. The lowest BCUT2D eigenvalue weighted by molar-refractivity contribution is -0.135. The van der Waals surface area contributed by atoms with Crippen LogP contribution in [0.2, 0.25) is 0 Å². The van der Waals surface area contributed by atoms with Gasteiger partial charge in [-0.05, 0) is 110 Å². The number of alkyl carbamates (subject to hydrolysis) is 1. The summed E-state index contributed by atoms with van der Waals surface area (Å²) in [5, 5.41) is 4.99. The molecule has 3 aliphatic heterocycles. The minimum atomic E-state index is -0.678. The fourth-order valence-electron chi connectivity index (χ4n) is 7.66. The second-order valence-corrected chi connectivity index (χ2v) is 15.5. The van der Waals surface area contributed by atoms with E-state index in [0.29, 0.717) is 13.1 Å². The fourth-order valence-corrected chi connectivity index (χ4v) is 7.66. The van der Waals surface area contributed by atoms with Gasteiger partial charge in [-0.1, -0.05) is 44.2 Å². The number of fused-ring (bicyclic) bond motifs is 2. The summed E-state index contributed by atoms with van der Waals surface area (Å²) in [6.07, 6.45) is 5.29. The summed E-state index contributed by atoms with van der Waals surface area (Å²) >= 11 is 0. The molecule has 0 aliphatic carbocycles. The first kappa shape index (κ1) is 35.2. The minimum Gasteiger partial charge on any atom is -0.453 e. The van der Waals surface area contributed by atoms with Gasteiger partial charge in [0, 0.05) is 31.4 Å². The van der Waals surface area contributed by atoms with E-state index in [9.17, 15) is 14.4 Å². The second kappa shape index (κ2) is 14.1. The van der Waals surface area contributed by atoms with Gasteiger partial charge in [0.05, 0.1) is 30.2 Å². The topological polar surface area (TPSA) is 129 Å². The van der Waals surface area contributed by atoms with E-state index in [1.807, 2.05) is 56.7 Å². The number of H-pyrrole nitrogens is 1. The van der Waals surface area contributed by atoms with Gasteiger partial charge < -0.3 is 24.7 Å². The molecule has 11 heteroatoms. The number of nitrogens with zero attached hydrogens (tertiary/aromatic N) is 4. The molecule has 0 spiro atoms. The lowest BCUT2D eigenvalue weighted by atomic mass is 9.95. The number of benzene rings is 3. The number of amides is 3. The highest BCUT2D eigenvalue weighted by Crippen LogP contribution is 2.35. The number of hydrogen-bond acceptors (Lipinski definition) is 7. The summed E-state index contributed by atoms with van der Waals surface area (Å²) in [7, 11) is 1.30. The molecule has 52 heavy (non-hydrogen) atoms. The second-order valence-electron chi connectivity index (χ2n) is 15.5. The van der Waals surface area contributed by atoms with E-state index in [1.54, 1.807) is 0 Å². The van der Waals surface area contributed by atoms with E-state index in [1.165, 1.54) is 7.11 Å².